The third-order valence-electron chi connectivity index (χ3n) is 3.59. The van der Waals surface area contributed by atoms with Crippen molar-refractivity contribution in [3.63, 3.8) is 0 Å². The number of phenolic OH excluding ortho intramolecular Hbond substituents is 1. The first-order chi connectivity index (χ1) is 12.1. The number of carbonyl (C=O) groups excluding carboxylic acids is 1. The van der Waals surface area contributed by atoms with E-state index in [2.05, 4.69) is 5.32 Å². The Morgan fingerprint density at radius 3 is 2.85 bits per heavy atom. The summed E-state index contributed by atoms with van der Waals surface area (Å²) in [6, 6.07) is 1.85. The zero-order chi connectivity index (χ0) is 19.5. The molecule has 0 spiro atoms. The Morgan fingerprint density at radius 2 is 2.23 bits per heavy atom. The minimum absolute atomic E-state index is 0.0388. The summed E-state index contributed by atoms with van der Waals surface area (Å²) in [5.41, 5.74) is -1.80. The predicted octanol–water partition coefficient (Wildman–Crippen LogP) is 2.49. The number of nitro benzene ring substituents is 1. The van der Waals surface area contributed by atoms with Gasteiger partial charge in [0.2, 0.25) is 5.82 Å². The van der Waals surface area contributed by atoms with Gasteiger partial charge in [-0.25, -0.2) is 4.79 Å². The largest absolute Gasteiger partial charge is 0.506 e. The van der Waals surface area contributed by atoms with Crippen molar-refractivity contribution in [2.45, 2.75) is 32.5 Å². The van der Waals surface area contributed by atoms with Crippen LogP contribution in [0, 0.1) is 15.9 Å². The lowest BCUT2D eigenvalue weighted by molar-refractivity contribution is -0.386. The maximum Gasteiger partial charge on any atom is 0.410 e. The number of nitrogens with zero attached hydrogens (tertiary/aromatic N) is 2. The van der Waals surface area contributed by atoms with Crippen LogP contribution in [0.1, 0.15) is 20.8 Å². The van der Waals surface area contributed by atoms with Crippen LogP contribution in [-0.4, -0.2) is 59.0 Å². The zero-order valence-corrected chi connectivity index (χ0v) is 14.8. The molecule has 1 amide bonds. The molecular formula is C16H22FN3O6. The third kappa shape index (κ3) is 4.94. The molecular weight excluding hydrogens is 349 g/mol. The Kier molecular flexibility index (Phi) is 5.86. The fourth-order valence-electron chi connectivity index (χ4n) is 2.46. The van der Waals surface area contributed by atoms with Crippen LogP contribution in [0.15, 0.2) is 12.1 Å². The van der Waals surface area contributed by atoms with Crippen molar-refractivity contribution in [3.05, 3.63) is 28.1 Å². The van der Waals surface area contributed by atoms with Crippen molar-refractivity contribution >= 4 is 17.5 Å². The monoisotopic (exact) mass is 371 g/mol. The second-order valence-electron chi connectivity index (χ2n) is 6.85. The number of phenols is 1. The molecule has 0 aromatic heterocycles. The van der Waals surface area contributed by atoms with Crippen molar-refractivity contribution in [1.29, 1.82) is 0 Å². The van der Waals surface area contributed by atoms with Gasteiger partial charge in [0, 0.05) is 13.1 Å². The highest BCUT2D eigenvalue weighted by atomic mass is 19.1. The van der Waals surface area contributed by atoms with Crippen LogP contribution < -0.4 is 5.32 Å². The summed E-state index contributed by atoms with van der Waals surface area (Å²) in [5.74, 6) is -1.51. The Morgan fingerprint density at radius 1 is 1.54 bits per heavy atom. The van der Waals surface area contributed by atoms with Crippen molar-refractivity contribution in [2.75, 3.05) is 31.6 Å². The molecule has 2 rings (SSSR count). The molecule has 1 aromatic carbocycles. The van der Waals surface area contributed by atoms with Crippen LogP contribution in [0.3, 0.4) is 0 Å². The number of halogens is 1. The quantitative estimate of drug-likeness (QED) is 0.475. The summed E-state index contributed by atoms with van der Waals surface area (Å²) >= 11 is 0. The van der Waals surface area contributed by atoms with E-state index < -0.39 is 40.0 Å². The van der Waals surface area contributed by atoms with E-state index in [4.69, 9.17) is 9.47 Å². The number of carbonyl (C=O) groups is 1. The van der Waals surface area contributed by atoms with Gasteiger partial charge in [0.25, 0.3) is 0 Å². The second-order valence-corrected chi connectivity index (χ2v) is 6.85. The van der Waals surface area contributed by atoms with E-state index >= 15 is 0 Å². The van der Waals surface area contributed by atoms with Gasteiger partial charge in [0.15, 0.2) is 5.69 Å². The van der Waals surface area contributed by atoms with Gasteiger partial charge < -0.3 is 24.8 Å². The molecule has 1 heterocycles. The number of hydrogen-bond donors (Lipinski definition) is 2. The lowest BCUT2D eigenvalue weighted by atomic mass is 10.2. The highest BCUT2D eigenvalue weighted by Gasteiger charge is 2.29. The van der Waals surface area contributed by atoms with Crippen LogP contribution in [0.25, 0.3) is 0 Å². The summed E-state index contributed by atoms with van der Waals surface area (Å²) in [6.07, 6.45) is -0.982. The zero-order valence-electron chi connectivity index (χ0n) is 14.8. The van der Waals surface area contributed by atoms with Crippen molar-refractivity contribution in [2.24, 2.45) is 0 Å². The van der Waals surface area contributed by atoms with Crippen molar-refractivity contribution < 1.29 is 28.7 Å². The number of hydrogen-bond acceptors (Lipinski definition) is 7. The van der Waals surface area contributed by atoms with Gasteiger partial charge in [0.1, 0.15) is 11.4 Å². The number of anilines is 1. The molecule has 1 atom stereocenters. The van der Waals surface area contributed by atoms with Crippen LogP contribution in [0.5, 0.6) is 5.75 Å². The van der Waals surface area contributed by atoms with Gasteiger partial charge in [-0.3, -0.25) is 10.1 Å². The van der Waals surface area contributed by atoms with Crippen LogP contribution in [0.2, 0.25) is 0 Å². The number of nitro groups is 1. The molecule has 0 bridgehead atoms. The first-order valence-electron chi connectivity index (χ1n) is 8.07. The molecule has 10 heteroatoms. The average molecular weight is 371 g/mol. The maximum absolute atomic E-state index is 13.7. The minimum Gasteiger partial charge on any atom is -0.506 e. The molecule has 0 saturated carbocycles. The maximum atomic E-state index is 13.7. The molecule has 1 aromatic rings. The van der Waals surface area contributed by atoms with Gasteiger partial charge in [-0.1, -0.05) is 0 Å². The topological polar surface area (TPSA) is 114 Å². The van der Waals surface area contributed by atoms with E-state index in [1.807, 2.05) is 0 Å². The molecule has 0 radical (unpaired) electrons. The lowest BCUT2D eigenvalue weighted by Gasteiger charge is -2.34. The normalized spacial score (nSPS) is 17.7. The molecule has 0 unspecified atom stereocenters. The standard InChI is InChI=1S/C16H22FN3O6/c1-16(2,3)26-15(22)19-6-7-25-10(9-19)8-18-13-12(21)5-4-11(17)14(13)20(23)24/h4-5,10,18,21H,6-9H2,1-3H3/t10-/m1/s1. The summed E-state index contributed by atoms with van der Waals surface area (Å²) in [5, 5.41) is 23.5. The summed E-state index contributed by atoms with van der Waals surface area (Å²) in [4.78, 5) is 23.7. The first kappa shape index (κ1) is 19.7. The third-order valence-corrected chi connectivity index (χ3v) is 3.59. The number of rotatable bonds is 4. The second kappa shape index (κ2) is 7.73. The van der Waals surface area contributed by atoms with E-state index in [1.165, 1.54) is 4.90 Å². The van der Waals surface area contributed by atoms with Crippen LogP contribution >= 0.6 is 0 Å². The smallest absolute Gasteiger partial charge is 0.410 e. The summed E-state index contributed by atoms with van der Waals surface area (Å²) in [7, 11) is 0. The molecule has 9 nitrogen and oxygen atoms in total. The number of nitrogens with one attached hydrogen (secondary N) is 1. The van der Waals surface area contributed by atoms with Crippen LogP contribution in [0.4, 0.5) is 20.6 Å². The van der Waals surface area contributed by atoms with Gasteiger partial charge in [-0.05, 0) is 32.9 Å². The van der Waals surface area contributed by atoms with E-state index in [1.54, 1.807) is 20.8 Å². The molecule has 26 heavy (non-hydrogen) atoms. The fraction of sp³-hybridized carbons (Fsp3) is 0.562. The predicted molar refractivity (Wildman–Crippen MR) is 90.8 cm³/mol. The van der Waals surface area contributed by atoms with Crippen molar-refractivity contribution in [1.82, 2.24) is 4.90 Å². The lowest BCUT2D eigenvalue weighted by Crippen LogP contribution is -2.49. The summed E-state index contributed by atoms with van der Waals surface area (Å²) < 4.78 is 24.5. The number of benzene rings is 1. The molecule has 0 aliphatic carbocycles. The molecule has 1 fully saturated rings. The van der Waals surface area contributed by atoms with E-state index in [9.17, 15) is 24.4 Å². The number of ether oxygens (including phenoxy) is 2. The Hall–Kier alpha value is -2.62. The van der Waals surface area contributed by atoms with Gasteiger partial charge in [-0.2, -0.15) is 4.39 Å². The minimum atomic E-state index is -1.06. The molecule has 1 saturated heterocycles. The van der Waals surface area contributed by atoms with E-state index in [0.717, 1.165) is 12.1 Å². The Labute approximate surface area is 149 Å². The molecule has 1 aliphatic rings. The summed E-state index contributed by atoms with van der Waals surface area (Å²) in [6.45, 7) is 6.14. The highest BCUT2D eigenvalue weighted by Crippen LogP contribution is 2.35. The molecule has 2 N–H and O–H groups in total. The van der Waals surface area contributed by atoms with E-state index in [-0.39, 0.29) is 25.4 Å². The van der Waals surface area contributed by atoms with Crippen molar-refractivity contribution in [3.8, 4) is 5.75 Å². The van der Waals surface area contributed by atoms with Gasteiger partial charge in [0.05, 0.1) is 24.2 Å². The molecule has 144 valence electrons. The number of amides is 1. The fourth-order valence-corrected chi connectivity index (χ4v) is 2.46. The van der Waals surface area contributed by atoms with Gasteiger partial charge >= 0.3 is 11.8 Å². The van der Waals surface area contributed by atoms with Crippen LogP contribution in [-0.2, 0) is 9.47 Å². The van der Waals surface area contributed by atoms with E-state index in [0.29, 0.717) is 6.54 Å². The number of morpholine rings is 1. The Bertz CT molecular complexity index is 691. The Balaban J connectivity index is 2.03. The SMILES string of the molecule is CC(C)(C)OC(=O)N1CCO[C@H](CNc2c(O)ccc(F)c2[N+](=O)[O-])C1. The average Bonchev–Trinajstić information content (AvgIpc) is 2.53. The van der Waals surface area contributed by atoms with Gasteiger partial charge in [-0.15, -0.1) is 0 Å². The first-order valence-corrected chi connectivity index (χ1v) is 8.07. The number of aromatic hydroxyl groups is 1. The highest BCUT2D eigenvalue weighted by molar-refractivity contribution is 5.70. The molecule has 1 aliphatic heterocycles.